The van der Waals surface area contributed by atoms with Crippen LogP contribution in [0.3, 0.4) is 0 Å². The van der Waals surface area contributed by atoms with Gasteiger partial charge in [-0.3, -0.25) is 0 Å². The van der Waals surface area contributed by atoms with E-state index in [-0.39, 0.29) is 5.28 Å². The molecule has 0 atom stereocenters. The maximum atomic E-state index is 6.11. The Labute approximate surface area is 149 Å². The Morgan fingerprint density at radius 2 is 1.62 bits per heavy atom. The summed E-state index contributed by atoms with van der Waals surface area (Å²) < 4.78 is 0. The largest absolute Gasteiger partial charge is 0.365 e. The van der Waals surface area contributed by atoms with E-state index in [2.05, 4.69) is 44.9 Å². The zero-order chi connectivity index (χ0) is 16.4. The molecular weight excluding hydrogens is 338 g/mol. The van der Waals surface area contributed by atoms with Crippen molar-refractivity contribution >= 4 is 39.0 Å². The molecule has 3 nitrogen and oxygen atoms in total. The van der Waals surface area contributed by atoms with Crippen LogP contribution in [0, 0.1) is 0 Å². The van der Waals surface area contributed by atoms with E-state index in [4.69, 9.17) is 11.6 Å². The number of fused-ring (bicyclic) bond motifs is 1. The fourth-order valence-electron chi connectivity index (χ4n) is 2.66. The van der Waals surface area contributed by atoms with Gasteiger partial charge in [0.2, 0.25) is 5.28 Å². The minimum Gasteiger partial charge on any atom is -0.365 e. The lowest BCUT2D eigenvalue weighted by molar-refractivity contribution is 1.11. The van der Waals surface area contributed by atoms with Gasteiger partial charge < -0.3 is 5.32 Å². The van der Waals surface area contributed by atoms with E-state index in [0.29, 0.717) is 6.54 Å². The highest BCUT2D eigenvalue weighted by atomic mass is 35.5. The fraction of sp³-hybridized carbons (Fsp3) is 0.0526. The van der Waals surface area contributed by atoms with Gasteiger partial charge in [0.15, 0.2) is 0 Å². The third-order valence-electron chi connectivity index (χ3n) is 3.79. The molecule has 0 aliphatic heterocycles. The van der Waals surface area contributed by atoms with Crippen molar-refractivity contribution in [3.63, 3.8) is 0 Å². The average molecular weight is 352 g/mol. The zero-order valence-corrected chi connectivity index (χ0v) is 14.3. The zero-order valence-electron chi connectivity index (χ0n) is 12.7. The molecule has 2 aromatic heterocycles. The van der Waals surface area contributed by atoms with Gasteiger partial charge in [-0.1, -0.05) is 60.7 Å². The van der Waals surface area contributed by atoms with Crippen LogP contribution < -0.4 is 5.32 Å². The molecule has 0 fully saturated rings. The molecule has 0 bridgehead atoms. The quantitative estimate of drug-likeness (QED) is 0.484. The molecule has 4 aromatic rings. The minimum atomic E-state index is 0.263. The van der Waals surface area contributed by atoms with Gasteiger partial charge in [-0.25, -0.2) is 9.97 Å². The molecule has 0 amide bonds. The molecule has 0 unspecified atom stereocenters. The molecule has 0 aliphatic rings. The third kappa shape index (κ3) is 2.98. The van der Waals surface area contributed by atoms with Crippen LogP contribution in [0.25, 0.3) is 21.3 Å². The van der Waals surface area contributed by atoms with Crippen LogP contribution in [0.5, 0.6) is 0 Å². The van der Waals surface area contributed by atoms with Gasteiger partial charge in [-0.05, 0) is 22.7 Å². The maximum absolute atomic E-state index is 6.11. The van der Waals surface area contributed by atoms with E-state index >= 15 is 0 Å². The van der Waals surface area contributed by atoms with Crippen molar-refractivity contribution < 1.29 is 0 Å². The van der Waals surface area contributed by atoms with Crippen LogP contribution in [-0.4, -0.2) is 9.97 Å². The lowest BCUT2D eigenvalue weighted by atomic mass is 10.1. The molecule has 1 N–H and O–H groups in total. The summed E-state index contributed by atoms with van der Waals surface area (Å²) in [5.41, 5.74) is 3.47. The van der Waals surface area contributed by atoms with Crippen LogP contribution in [-0.2, 0) is 6.54 Å². The number of anilines is 1. The maximum Gasteiger partial charge on any atom is 0.225 e. The first-order valence-corrected chi connectivity index (χ1v) is 8.85. The highest BCUT2D eigenvalue weighted by Crippen LogP contribution is 2.37. The number of aromatic nitrogens is 2. The second kappa shape index (κ2) is 6.59. The molecule has 0 saturated heterocycles. The lowest BCUT2D eigenvalue weighted by Crippen LogP contribution is -2.02. The van der Waals surface area contributed by atoms with Gasteiger partial charge in [0, 0.05) is 17.5 Å². The third-order valence-corrected chi connectivity index (χ3v) is 4.84. The standard InChI is InChI=1S/C19H14ClN3S/c20-19-22-17(21-11-13-7-3-1-4-8-13)16-15(12-24-18(16)23-19)14-9-5-2-6-10-14/h1-10,12H,11H2,(H,21,22,23). The topological polar surface area (TPSA) is 37.8 Å². The second-order valence-corrected chi connectivity index (χ2v) is 6.57. The van der Waals surface area contributed by atoms with E-state index in [1.807, 2.05) is 36.4 Å². The summed E-state index contributed by atoms with van der Waals surface area (Å²) in [6.45, 7) is 0.688. The first kappa shape index (κ1) is 15.1. The fourth-order valence-corrected chi connectivity index (χ4v) is 3.82. The van der Waals surface area contributed by atoms with Crippen molar-refractivity contribution in [3.05, 3.63) is 76.9 Å². The normalized spacial score (nSPS) is 10.9. The van der Waals surface area contributed by atoms with E-state index in [9.17, 15) is 0 Å². The molecule has 0 saturated carbocycles. The number of halogens is 1. The van der Waals surface area contributed by atoms with Crippen molar-refractivity contribution in [3.8, 4) is 11.1 Å². The highest BCUT2D eigenvalue weighted by molar-refractivity contribution is 7.17. The van der Waals surface area contributed by atoms with Crippen LogP contribution >= 0.6 is 22.9 Å². The number of thiophene rings is 1. The monoisotopic (exact) mass is 351 g/mol. The van der Waals surface area contributed by atoms with Crippen molar-refractivity contribution in [2.75, 3.05) is 5.32 Å². The van der Waals surface area contributed by atoms with Crippen LogP contribution in [0.15, 0.2) is 66.0 Å². The smallest absolute Gasteiger partial charge is 0.225 e. The van der Waals surface area contributed by atoms with Crippen molar-refractivity contribution in [2.24, 2.45) is 0 Å². The van der Waals surface area contributed by atoms with E-state index in [1.54, 1.807) is 11.3 Å². The Morgan fingerprint density at radius 1 is 0.917 bits per heavy atom. The number of rotatable bonds is 4. The predicted molar refractivity (Wildman–Crippen MR) is 102 cm³/mol. The van der Waals surface area contributed by atoms with E-state index < -0.39 is 0 Å². The Balaban J connectivity index is 1.77. The molecule has 4 rings (SSSR count). The number of hydrogen-bond acceptors (Lipinski definition) is 4. The van der Waals surface area contributed by atoms with Crippen LogP contribution in [0.1, 0.15) is 5.56 Å². The summed E-state index contributed by atoms with van der Waals surface area (Å²) in [6, 6.07) is 20.5. The Bertz CT molecular complexity index is 968. The first-order chi connectivity index (χ1) is 11.8. The summed E-state index contributed by atoms with van der Waals surface area (Å²) in [5, 5.41) is 6.81. The second-order valence-electron chi connectivity index (χ2n) is 5.38. The van der Waals surface area contributed by atoms with Gasteiger partial charge in [0.25, 0.3) is 0 Å². The molecule has 5 heteroatoms. The predicted octanol–water partition coefficient (Wildman–Crippen LogP) is 5.62. The molecule has 0 aliphatic carbocycles. The van der Waals surface area contributed by atoms with Crippen molar-refractivity contribution in [1.29, 1.82) is 0 Å². The number of nitrogens with one attached hydrogen (secondary N) is 1. The Morgan fingerprint density at radius 3 is 2.38 bits per heavy atom. The molecule has 2 aromatic carbocycles. The van der Waals surface area contributed by atoms with Gasteiger partial charge in [-0.15, -0.1) is 11.3 Å². The first-order valence-electron chi connectivity index (χ1n) is 7.59. The average Bonchev–Trinajstić information content (AvgIpc) is 3.05. The lowest BCUT2D eigenvalue weighted by Gasteiger charge is -2.09. The van der Waals surface area contributed by atoms with Gasteiger partial charge in [0.1, 0.15) is 10.6 Å². The van der Waals surface area contributed by atoms with Gasteiger partial charge in [0.05, 0.1) is 5.39 Å². The van der Waals surface area contributed by atoms with E-state index in [1.165, 1.54) is 5.56 Å². The number of benzene rings is 2. The summed E-state index contributed by atoms with van der Waals surface area (Å²) in [4.78, 5) is 9.69. The Hall–Kier alpha value is -2.43. The molecule has 24 heavy (non-hydrogen) atoms. The Kier molecular flexibility index (Phi) is 4.15. The van der Waals surface area contributed by atoms with Crippen molar-refractivity contribution in [2.45, 2.75) is 6.54 Å². The minimum absolute atomic E-state index is 0.263. The van der Waals surface area contributed by atoms with Crippen LogP contribution in [0.4, 0.5) is 5.82 Å². The molecule has 2 heterocycles. The summed E-state index contributed by atoms with van der Waals surface area (Å²) in [6.07, 6.45) is 0. The summed E-state index contributed by atoms with van der Waals surface area (Å²) in [7, 11) is 0. The molecule has 0 spiro atoms. The molecule has 0 radical (unpaired) electrons. The highest BCUT2D eigenvalue weighted by Gasteiger charge is 2.14. The number of hydrogen-bond donors (Lipinski definition) is 1. The SMILES string of the molecule is Clc1nc(NCc2ccccc2)c2c(-c3ccccc3)csc2n1. The summed E-state index contributed by atoms with van der Waals surface area (Å²) in [5.74, 6) is 0.772. The van der Waals surface area contributed by atoms with Gasteiger partial charge >= 0.3 is 0 Å². The van der Waals surface area contributed by atoms with Gasteiger partial charge in [-0.2, -0.15) is 0 Å². The summed E-state index contributed by atoms with van der Waals surface area (Å²) >= 11 is 7.69. The van der Waals surface area contributed by atoms with Crippen LogP contribution in [0.2, 0.25) is 5.28 Å². The molecular formula is C19H14ClN3S. The molecule has 118 valence electrons. The van der Waals surface area contributed by atoms with Crippen molar-refractivity contribution in [1.82, 2.24) is 9.97 Å². The number of nitrogens with zero attached hydrogens (tertiary/aromatic N) is 2. The van der Waals surface area contributed by atoms with E-state index in [0.717, 1.165) is 27.2 Å².